The van der Waals surface area contributed by atoms with Crippen LogP contribution >= 0.6 is 0 Å². The van der Waals surface area contributed by atoms with Gasteiger partial charge >= 0.3 is 0 Å². The second kappa shape index (κ2) is 13.4. The lowest BCUT2D eigenvalue weighted by Crippen LogP contribution is -2.48. The average Bonchev–Trinajstić information content (AvgIpc) is 2.92. The minimum atomic E-state index is -0.257. The number of nitrogens with one attached hydrogen (secondary N) is 2. The first-order chi connectivity index (χ1) is 17.5. The van der Waals surface area contributed by atoms with Crippen LogP contribution in [-0.2, 0) is 10.8 Å². The summed E-state index contributed by atoms with van der Waals surface area (Å²) >= 11 is 0. The third-order valence-corrected chi connectivity index (χ3v) is 8.29. The second-order valence-corrected chi connectivity index (χ2v) is 10.4. The Morgan fingerprint density at radius 2 is 1.03 bits per heavy atom. The summed E-state index contributed by atoms with van der Waals surface area (Å²) in [5.41, 5.74) is 2.15. The molecule has 4 rings (SSSR count). The standard InChI is InChI=1S/2C15H23NO2/c2*1-16-11-15(10-4-3-5-14(15)17)12-6-8-13(18-2)9-7-12/h2*6-9,14,16-17H,3-5,10-11H2,1-2H3/t2*14-,15-/m10/s1. The fourth-order valence-corrected chi connectivity index (χ4v) is 6.21. The molecule has 2 saturated carbocycles. The number of aliphatic hydroxyl groups excluding tert-OH is 2. The molecule has 200 valence electrons. The van der Waals surface area contributed by atoms with Crippen LogP contribution in [0.4, 0.5) is 0 Å². The van der Waals surface area contributed by atoms with Gasteiger partial charge in [0.25, 0.3) is 0 Å². The number of rotatable bonds is 8. The zero-order valence-electron chi connectivity index (χ0n) is 22.6. The summed E-state index contributed by atoms with van der Waals surface area (Å²) in [5.74, 6) is 1.73. The third-order valence-electron chi connectivity index (χ3n) is 8.29. The van der Waals surface area contributed by atoms with Crippen LogP contribution in [0.2, 0.25) is 0 Å². The maximum Gasteiger partial charge on any atom is 0.118 e. The fourth-order valence-electron chi connectivity index (χ4n) is 6.21. The van der Waals surface area contributed by atoms with E-state index in [0.717, 1.165) is 63.1 Å². The van der Waals surface area contributed by atoms with E-state index < -0.39 is 0 Å². The molecule has 6 heteroatoms. The summed E-state index contributed by atoms with van der Waals surface area (Å²) in [4.78, 5) is 0. The Morgan fingerprint density at radius 1 is 0.667 bits per heavy atom. The molecule has 0 spiro atoms. The minimum Gasteiger partial charge on any atom is -0.497 e. The van der Waals surface area contributed by atoms with Gasteiger partial charge in [-0.3, -0.25) is 0 Å². The fraction of sp³-hybridized carbons (Fsp3) is 0.600. The highest BCUT2D eigenvalue weighted by Crippen LogP contribution is 2.41. The molecule has 0 unspecified atom stereocenters. The van der Waals surface area contributed by atoms with Crippen molar-refractivity contribution in [2.24, 2.45) is 0 Å². The number of benzene rings is 2. The molecule has 2 aliphatic carbocycles. The molecule has 0 aliphatic heterocycles. The Hall–Kier alpha value is -2.12. The van der Waals surface area contributed by atoms with Crippen molar-refractivity contribution < 1.29 is 19.7 Å². The maximum absolute atomic E-state index is 10.5. The van der Waals surface area contributed by atoms with Crippen molar-refractivity contribution in [3.8, 4) is 11.5 Å². The van der Waals surface area contributed by atoms with E-state index in [1.165, 1.54) is 24.0 Å². The van der Waals surface area contributed by atoms with Crippen LogP contribution in [0.25, 0.3) is 0 Å². The van der Waals surface area contributed by atoms with E-state index >= 15 is 0 Å². The lowest BCUT2D eigenvalue weighted by molar-refractivity contribution is 0.0422. The van der Waals surface area contributed by atoms with Crippen molar-refractivity contribution in [3.63, 3.8) is 0 Å². The van der Waals surface area contributed by atoms with E-state index in [0.29, 0.717) is 0 Å². The summed E-state index contributed by atoms with van der Waals surface area (Å²) in [7, 11) is 7.25. The van der Waals surface area contributed by atoms with Gasteiger partial charge in [-0.1, -0.05) is 49.9 Å². The zero-order chi connectivity index (χ0) is 26.0. The van der Waals surface area contributed by atoms with E-state index in [2.05, 4.69) is 34.9 Å². The lowest BCUT2D eigenvalue weighted by atomic mass is 9.67. The smallest absolute Gasteiger partial charge is 0.118 e. The van der Waals surface area contributed by atoms with Crippen molar-refractivity contribution in [1.29, 1.82) is 0 Å². The molecule has 0 heterocycles. The lowest BCUT2D eigenvalue weighted by Gasteiger charge is -2.42. The quantitative estimate of drug-likeness (QED) is 0.437. The first-order valence-electron chi connectivity index (χ1n) is 13.4. The van der Waals surface area contributed by atoms with Gasteiger partial charge in [-0.05, 0) is 75.2 Å². The SMILES string of the molecule is CNC[C@@]1(c2ccc(OC)cc2)CCCC[C@H]1O.CNC[C@]1(c2ccc(OC)cc2)CCCC[C@@H]1O. The molecule has 36 heavy (non-hydrogen) atoms. The second-order valence-electron chi connectivity index (χ2n) is 10.4. The normalized spacial score (nSPS) is 28.1. The van der Waals surface area contributed by atoms with Crippen molar-refractivity contribution in [2.75, 3.05) is 41.4 Å². The Kier molecular flexibility index (Phi) is 10.6. The predicted octanol–water partition coefficient (Wildman–Crippen LogP) is 4.17. The number of hydrogen-bond acceptors (Lipinski definition) is 6. The average molecular weight is 499 g/mol. The zero-order valence-corrected chi connectivity index (χ0v) is 22.6. The van der Waals surface area contributed by atoms with Crippen molar-refractivity contribution in [1.82, 2.24) is 10.6 Å². The van der Waals surface area contributed by atoms with Crippen LogP contribution in [0.1, 0.15) is 62.5 Å². The van der Waals surface area contributed by atoms with Crippen LogP contribution in [0, 0.1) is 0 Å². The van der Waals surface area contributed by atoms with Gasteiger partial charge in [0, 0.05) is 23.9 Å². The van der Waals surface area contributed by atoms with Crippen LogP contribution < -0.4 is 20.1 Å². The summed E-state index contributed by atoms with van der Waals surface area (Å²) in [5, 5.41) is 27.4. The summed E-state index contributed by atoms with van der Waals surface area (Å²) in [6, 6.07) is 16.3. The van der Waals surface area contributed by atoms with E-state index in [1.54, 1.807) is 14.2 Å². The summed E-state index contributed by atoms with van der Waals surface area (Å²) in [6.07, 6.45) is 7.99. The van der Waals surface area contributed by atoms with Gasteiger partial charge in [-0.15, -0.1) is 0 Å². The third kappa shape index (κ3) is 6.23. The van der Waals surface area contributed by atoms with E-state index in [1.807, 2.05) is 38.4 Å². The Balaban J connectivity index is 0.000000201. The van der Waals surface area contributed by atoms with Gasteiger partial charge in [0.05, 0.1) is 26.4 Å². The van der Waals surface area contributed by atoms with Gasteiger partial charge < -0.3 is 30.3 Å². The van der Waals surface area contributed by atoms with Crippen LogP contribution in [0.3, 0.4) is 0 Å². The summed E-state index contributed by atoms with van der Waals surface area (Å²) < 4.78 is 10.4. The predicted molar refractivity (Wildman–Crippen MR) is 146 cm³/mol. The number of aliphatic hydroxyl groups is 2. The minimum absolute atomic E-state index is 0.140. The molecule has 0 radical (unpaired) electrons. The Morgan fingerprint density at radius 3 is 1.31 bits per heavy atom. The molecule has 2 aromatic rings. The molecule has 2 fully saturated rings. The number of hydrogen-bond donors (Lipinski definition) is 4. The highest BCUT2D eigenvalue weighted by Gasteiger charge is 2.41. The molecule has 4 N–H and O–H groups in total. The molecule has 6 nitrogen and oxygen atoms in total. The van der Waals surface area contributed by atoms with Crippen molar-refractivity contribution >= 4 is 0 Å². The maximum atomic E-state index is 10.5. The van der Waals surface area contributed by atoms with Gasteiger partial charge in [0.1, 0.15) is 11.5 Å². The highest BCUT2D eigenvalue weighted by atomic mass is 16.5. The van der Waals surface area contributed by atoms with Crippen molar-refractivity contribution in [2.45, 2.75) is 74.4 Å². The largest absolute Gasteiger partial charge is 0.497 e. The van der Waals surface area contributed by atoms with Crippen LogP contribution in [0.15, 0.2) is 48.5 Å². The molecule has 0 bridgehead atoms. The van der Waals surface area contributed by atoms with E-state index in [9.17, 15) is 10.2 Å². The first kappa shape index (κ1) is 28.5. The van der Waals surface area contributed by atoms with E-state index in [4.69, 9.17) is 9.47 Å². The molecule has 0 amide bonds. The van der Waals surface area contributed by atoms with Gasteiger partial charge in [0.15, 0.2) is 0 Å². The van der Waals surface area contributed by atoms with Gasteiger partial charge in [-0.25, -0.2) is 0 Å². The monoisotopic (exact) mass is 498 g/mol. The molecular weight excluding hydrogens is 452 g/mol. The van der Waals surface area contributed by atoms with Crippen LogP contribution in [-0.4, -0.2) is 63.8 Å². The number of methoxy groups -OCH3 is 2. The molecular formula is C30H46N2O4. The van der Waals surface area contributed by atoms with Gasteiger partial charge in [0.2, 0.25) is 0 Å². The molecule has 2 aliphatic rings. The molecule has 0 saturated heterocycles. The first-order valence-corrected chi connectivity index (χ1v) is 13.4. The topological polar surface area (TPSA) is 83.0 Å². The van der Waals surface area contributed by atoms with E-state index in [-0.39, 0.29) is 23.0 Å². The van der Waals surface area contributed by atoms with Crippen LogP contribution in [0.5, 0.6) is 11.5 Å². The molecule has 2 aromatic carbocycles. The Labute approximate surface area is 217 Å². The van der Waals surface area contributed by atoms with Crippen molar-refractivity contribution in [3.05, 3.63) is 59.7 Å². The number of ether oxygens (including phenoxy) is 2. The Bertz CT molecular complexity index is 821. The summed E-state index contributed by atoms with van der Waals surface area (Å²) in [6.45, 7) is 1.64. The highest BCUT2D eigenvalue weighted by molar-refractivity contribution is 5.35. The van der Waals surface area contributed by atoms with Gasteiger partial charge in [-0.2, -0.15) is 0 Å². The molecule has 4 atom stereocenters. The number of likely N-dealkylation sites (N-methyl/N-ethyl adjacent to an activating group) is 2. The molecule has 0 aromatic heterocycles.